The van der Waals surface area contributed by atoms with E-state index in [1.807, 2.05) is 0 Å². The highest BCUT2D eigenvalue weighted by Gasteiger charge is 1.92. The molecule has 0 fully saturated rings. The molecular weight excluding hydrogens is 112 g/mol. The molecule has 0 saturated heterocycles. The van der Waals surface area contributed by atoms with Crippen LogP contribution in [0, 0.1) is 0 Å². The molecule has 0 radical (unpaired) electrons. The average Bonchev–Trinajstić information content (AvgIpc) is 1.65. The van der Waals surface area contributed by atoms with Gasteiger partial charge in [0.1, 0.15) is 0 Å². The van der Waals surface area contributed by atoms with Gasteiger partial charge in [0.05, 0.1) is 5.03 Å². The van der Waals surface area contributed by atoms with Gasteiger partial charge in [0.15, 0.2) is 5.78 Å². The molecule has 1 nitrogen and oxygen atoms in total. The second-order valence-corrected chi connectivity index (χ2v) is 1.60. The van der Waals surface area contributed by atoms with Crippen LogP contribution in [0.5, 0.6) is 0 Å². The predicted molar refractivity (Wildman–Crippen MR) is 30.3 cm³/mol. The molecule has 0 amide bonds. The number of rotatable bonds is 1. The van der Waals surface area contributed by atoms with Gasteiger partial charge in [-0.25, -0.2) is 0 Å². The van der Waals surface area contributed by atoms with Crippen molar-refractivity contribution >= 4 is 17.4 Å². The lowest BCUT2D eigenvalue weighted by Gasteiger charge is -1.82. The van der Waals surface area contributed by atoms with Gasteiger partial charge in [0, 0.05) is 6.92 Å². The average molecular weight is 119 g/mol. The van der Waals surface area contributed by atoms with Gasteiger partial charge in [0.25, 0.3) is 0 Å². The summed E-state index contributed by atoms with van der Waals surface area (Å²) >= 11 is 5.31. The van der Waals surface area contributed by atoms with Gasteiger partial charge in [-0.3, -0.25) is 4.79 Å². The maximum Gasteiger partial charge on any atom is 0.170 e. The molecule has 0 aromatic heterocycles. The smallest absolute Gasteiger partial charge is 0.170 e. The van der Waals surface area contributed by atoms with Crippen LogP contribution in [0.3, 0.4) is 0 Å². The predicted octanol–water partition coefficient (Wildman–Crippen LogP) is 1.72. The highest BCUT2D eigenvalue weighted by atomic mass is 35.5. The van der Waals surface area contributed by atoms with Crippen LogP contribution in [0.1, 0.15) is 13.8 Å². The molecule has 0 aromatic rings. The van der Waals surface area contributed by atoms with Gasteiger partial charge < -0.3 is 0 Å². The summed E-state index contributed by atoms with van der Waals surface area (Å²) in [7, 11) is 0. The zero-order valence-corrected chi connectivity index (χ0v) is 5.12. The van der Waals surface area contributed by atoms with E-state index in [2.05, 4.69) is 0 Å². The number of ketones is 1. The molecule has 0 atom stereocenters. The van der Waals surface area contributed by atoms with E-state index in [-0.39, 0.29) is 5.78 Å². The van der Waals surface area contributed by atoms with Gasteiger partial charge in [-0.2, -0.15) is 0 Å². The van der Waals surface area contributed by atoms with Gasteiger partial charge >= 0.3 is 0 Å². The Kier molecular flexibility index (Phi) is 2.68. The van der Waals surface area contributed by atoms with Gasteiger partial charge in [-0.05, 0) is 6.92 Å². The molecule has 0 aliphatic rings. The minimum atomic E-state index is -0.0795. The molecule has 0 aliphatic carbocycles. The number of hydrogen-bond acceptors (Lipinski definition) is 1. The minimum Gasteiger partial charge on any atom is -0.294 e. The van der Waals surface area contributed by atoms with E-state index in [0.717, 1.165) is 0 Å². The Bertz CT molecular complexity index is 105. The van der Waals surface area contributed by atoms with Gasteiger partial charge in [-0.1, -0.05) is 17.7 Å². The highest BCUT2D eigenvalue weighted by Crippen LogP contribution is 1.99. The second kappa shape index (κ2) is 2.80. The quantitative estimate of drug-likeness (QED) is 0.479. The van der Waals surface area contributed by atoms with Crippen molar-refractivity contribution in [2.45, 2.75) is 13.8 Å². The first-order valence-electron chi connectivity index (χ1n) is 2.01. The third-order valence-corrected chi connectivity index (χ3v) is 1.07. The second-order valence-electron chi connectivity index (χ2n) is 1.19. The lowest BCUT2D eigenvalue weighted by Crippen LogP contribution is -1.85. The maximum absolute atomic E-state index is 10.2. The van der Waals surface area contributed by atoms with Crippen molar-refractivity contribution in [1.29, 1.82) is 0 Å². The van der Waals surface area contributed by atoms with Gasteiger partial charge in [-0.15, -0.1) is 0 Å². The number of Topliss-reactive ketones (excluding diaryl/α,β-unsaturated/α-hetero) is 1. The maximum atomic E-state index is 10.2. The lowest BCUT2D eigenvalue weighted by molar-refractivity contribution is -0.113. The zero-order chi connectivity index (χ0) is 5.86. The van der Waals surface area contributed by atoms with Crippen molar-refractivity contribution in [3.05, 3.63) is 11.1 Å². The topological polar surface area (TPSA) is 17.1 Å². The fraction of sp³-hybridized carbons (Fsp3) is 0.400. The van der Waals surface area contributed by atoms with E-state index < -0.39 is 0 Å². The molecule has 0 bridgehead atoms. The molecule has 0 unspecified atom stereocenters. The Morgan fingerprint density at radius 3 is 2.14 bits per heavy atom. The van der Waals surface area contributed by atoms with E-state index in [0.29, 0.717) is 5.03 Å². The normalized spacial score (nSPS) is 11.6. The Morgan fingerprint density at radius 1 is 1.71 bits per heavy atom. The molecule has 0 aromatic carbocycles. The summed E-state index contributed by atoms with van der Waals surface area (Å²) in [6.07, 6.45) is 1.57. The number of carbonyl (C=O) groups is 1. The molecular formula is C5H7ClO. The van der Waals surface area contributed by atoms with Crippen molar-refractivity contribution in [1.82, 2.24) is 0 Å². The molecule has 7 heavy (non-hydrogen) atoms. The van der Waals surface area contributed by atoms with Crippen molar-refractivity contribution in [3.8, 4) is 0 Å². The van der Waals surface area contributed by atoms with Crippen LogP contribution in [0.15, 0.2) is 11.1 Å². The van der Waals surface area contributed by atoms with Gasteiger partial charge in [0.2, 0.25) is 0 Å². The van der Waals surface area contributed by atoms with E-state index >= 15 is 0 Å². The molecule has 40 valence electrons. The largest absolute Gasteiger partial charge is 0.294 e. The fourth-order valence-corrected chi connectivity index (χ4v) is 0.203. The molecule has 0 N–H and O–H groups in total. The van der Waals surface area contributed by atoms with E-state index in [9.17, 15) is 4.79 Å². The van der Waals surface area contributed by atoms with E-state index in [1.165, 1.54) is 6.92 Å². The summed E-state index contributed by atoms with van der Waals surface area (Å²) in [6.45, 7) is 3.16. The Labute approximate surface area is 48.0 Å². The van der Waals surface area contributed by atoms with Crippen molar-refractivity contribution in [2.75, 3.05) is 0 Å². The molecule has 0 heterocycles. The van der Waals surface area contributed by atoms with E-state index in [1.54, 1.807) is 13.0 Å². The number of allylic oxidation sites excluding steroid dienone is 2. The highest BCUT2D eigenvalue weighted by molar-refractivity contribution is 6.42. The van der Waals surface area contributed by atoms with Crippen LogP contribution in [-0.2, 0) is 4.79 Å². The Morgan fingerprint density at radius 2 is 2.14 bits per heavy atom. The summed E-state index contributed by atoms with van der Waals surface area (Å²) in [4.78, 5) is 10.2. The Hall–Kier alpha value is -0.300. The van der Waals surface area contributed by atoms with E-state index in [4.69, 9.17) is 11.6 Å². The number of carbonyl (C=O) groups excluding carboxylic acids is 1. The van der Waals surface area contributed by atoms with Crippen LogP contribution < -0.4 is 0 Å². The summed E-state index contributed by atoms with van der Waals surface area (Å²) in [5.74, 6) is -0.0795. The van der Waals surface area contributed by atoms with Crippen molar-refractivity contribution < 1.29 is 4.79 Å². The number of hydrogen-bond donors (Lipinski definition) is 0. The first-order valence-corrected chi connectivity index (χ1v) is 2.39. The molecule has 0 rings (SSSR count). The van der Waals surface area contributed by atoms with Crippen molar-refractivity contribution in [2.24, 2.45) is 0 Å². The molecule has 0 aliphatic heterocycles. The third-order valence-electron chi connectivity index (χ3n) is 0.590. The number of halogens is 1. The third kappa shape index (κ3) is 2.40. The molecule has 0 saturated carbocycles. The zero-order valence-electron chi connectivity index (χ0n) is 4.36. The Balaban J connectivity index is 3.82. The van der Waals surface area contributed by atoms with Crippen molar-refractivity contribution in [3.63, 3.8) is 0 Å². The first-order chi connectivity index (χ1) is 3.18. The minimum absolute atomic E-state index is 0.0795. The van der Waals surface area contributed by atoms with Crippen LogP contribution in [0.2, 0.25) is 0 Å². The monoisotopic (exact) mass is 118 g/mol. The lowest BCUT2D eigenvalue weighted by atomic mass is 10.4. The van der Waals surface area contributed by atoms with Crippen LogP contribution in [0.25, 0.3) is 0 Å². The summed E-state index contributed by atoms with van der Waals surface area (Å²) in [6, 6.07) is 0. The fourth-order valence-electron chi connectivity index (χ4n) is 0.203. The molecule has 0 spiro atoms. The first kappa shape index (κ1) is 6.70. The summed E-state index contributed by atoms with van der Waals surface area (Å²) < 4.78 is 0. The molecule has 2 heteroatoms. The standard InChI is InChI=1S/C5H7ClO/c1-3-5(6)4(2)7/h3H,1-2H3. The summed E-state index contributed by atoms with van der Waals surface area (Å²) in [5.41, 5.74) is 0. The van der Waals surface area contributed by atoms with Crippen LogP contribution >= 0.6 is 11.6 Å². The SMILES string of the molecule is CC=C(Cl)C(C)=O. The summed E-state index contributed by atoms with van der Waals surface area (Å²) in [5, 5.41) is 0.306. The van der Waals surface area contributed by atoms with Crippen LogP contribution in [0.4, 0.5) is 0 Å². The van der Waals surface area contributed by atoms with Crippen LogP contribution in [-0.4, -0.2) is 5.78 Å².